The second-order valence-electron chi connectivity index (χ2n) is 3.40. The minimum atomic E-state index is 0.749. The fourth-order valence-corrected chi connectivity index (χ4v) is 1.30. The molecule has 0 spiro atoms. The van der Waals surface area contributed by atoms with Crippen molar-refractivity contribution in [3.63, 3.8) is 0 Å². The SMILES string of the molecule is CON=C1CN(CC(C)C)C1. The fraction of sp³-hybridized carbons (Fsp3) is 0.875. The van der Waals surface area contributed by atoms with Crippen molar-refractivity contribution < 1.29 is 4.84 Å². The molecule has 1 aliphatic rings. The molecule has 0 aromatic heterocycles. The molecule has 0 saturated carbocycles. The van der Waals surface area contributed by atoms with Crippen LogP contribution in [0.4, 0.5) is 0 Å². The zero-order chi connectivity index (χ0) is 8.27. The van der Waals surface area contributed by atoms with Crippen LogP contribution in [0, 0.1) is 5.92 Å². The fourth-order valence-electron chi connectivity index (χ4n) is 1.30. The summed E-state index contributed by atoms with van der Waals surface area (Å²) in [6.07, 6.45) is 0. The van der Waals surface area contributed by atoms with Gasteiger partial charge in [-0.05, 0) is 5.92 Å². The van der Waals surface area contributed by atoms with Crippen molar-refractivity contribution in [3.05, 3.63) is 0 Å². The van der Waals surface area contributed by atoms with Crippen molar-refractivity contribution in [3.8, 4) is 0 Å². The second kappa shape index (κ2) is 3.72. The Morgan fingerprint density at radius 3 is 2.64 bits per heavy atom. The van der Waals surface area contributed by atoms with E-state index in [9.17, 15) is 0 Å². The van der Waals surface area contributed by atoms with Crippen LogP contribution in [0.15, 0.2) is 5.16 Å². The normalized spacial score (nSPS) is 18.4. The smallest absolute Gasteiger partial charge is 0.106 e. The molecule has 64 valence electrons. The van der Waals surface area contributed by atoms with E-state index in [1.165, 1.54) is 6.54 Å². The first-order valence-corrected chi connectivity index (χ1v) is 4.03. The standard InChI is InChI=1S/C8H16N2O/c1-7(2)4-10-5-8(6-10)9-11-3/h7H,4-6H2,1-3H3. The molecule has 1 fully saturated rings. The Bertz CT molecular complexity index is 146. The van der Waals surface area contributed by atoms with Gasteiger partial charge in [0.2, 0.25) is 0 Å². The predicted octanol–water partition coefficient (Wildman–Crippen LogP) is 0.960. The Balaban J connectivity index is 2.14. The van der Waals surface area contributed by atoms with Gasteiger partial charge in [-0.25, -0.2) is 0 Å². The van der Waals surface area contributed by atoms with E-state index in [2.05, 4.69) is 28.7 Å². The summed E-state index contributed by atoms with van der Waals surface area (Å²) in [6.45, 7) is 7.61. The molecule has 1 heterocycles. The lowest BCUT2D eigenvalue weighted by atomic mass is 10.1. The summed E-state index contributed by atoms with van der Waals surface area (Å²) in [7, 11) is 1.60. The maximum atomic E-state index is 4.66. The molecule has 0 aromatic carbocycles. The highest BCUT2D eigenvalue weighted by Crippen LogP contribution is 2.07. The van der Waals surface area contributed by atoms with Crippen molar-refractivity contribution in [2.24, 2.45) is 11.1 Å². The summed E-state index contributed by atoms with van der Waals surface area (Å²) < 4.78 is 0. The Morgan fingerprint density at radius 2 is 2.18 bits per heavy atom. The first-order valence-electron chi connectivity index (χ1n) is 4.03. The monoisotopic (exact) mass is 156 g/mol. The molecule has 0 atom stereocenters. The molecule has 3 heteroatoms. The van der Waals surface area contributed by atoms with E-state index in [0.717, 1.165) is 24.7 Å². The first kappa shape index (κ1) is 8.53. The van der Waals surface area contributed by atoms with Gasteiger partial charge in [0, 0.05) is 19.6 Å². The van der Waals surface area contributed by atoms with Crippen molar-refractivity contribution in [2.45, 2.75) is 13.8 Å². The van der Waals surface area contributed by atoms with Crippen LogP contribution in [0.25, 0.3) is 0 Å². The molecule has 11 heavy (non-hydrogen) atoms. The van der Waals surface area contributed by atoms with E-state index in [-0.39, 0.29) is 0 Å². The second-order valence-corrected chi connectivity index (χ2v) is 3.40. The summed E-state index contributed by atoms with van der Waals surface area (Å²) >= 11 is 0. The molecule has 1 saturated heterocycles. The van der Waals surface area contributed by atoms with Crippen LogP contribution < -0.4 is 0 Å². The molecule has 1 aliphatic heterocycles. The van der Waals surface area contributed by atoms with E-state index in [4.69, 9.17) is 0 Å². The summed E-state index contributed by atoms with van der Waals surface area (Å²) in [5.74, 6) is 0.749. The average molecular weight is 156 g/mol. The van der Waals surface area contributed by atoms with Gasteiger partial charge in [0.1, 0.15) is 7.11 Å². The van der Waals surface area contributed by atoms with E-state index < -0.39 is 0 Å². The number of likely N-dealkylation sites (tertiary alicyclic amines) is 1. The molecule has 0 amide bonds. The summed E-state index contributed by atoms with van der Waals surface area (Å²) in [6, 6.07) is 0. The van der Waals surface area contributed by atoms with Crippen molar-refractivity contribution in [1.82, 2.24) is 4.90 Å². The van der Waals surface area contributed by atoms with E-state index in [1.54, 1.807) is 7.11 Å². The largest absolute Gasteiger partial charge is 0.399 e. The summed E-state index contributed by atoms with van der Waals surface area (Å²) in [5.41, 5.74) is 1.16. The van der Waals surface area contributed by atoms with Gasteiger partial charge in [-0.3, -0.25) is 4.90 Å². The van der Waals surface area contributed by atoms with Crippen LogP contribution in [0.5, 0.6) is 0 Å². The quantitative estimate of drug-likeness (QED) is 0.568. The van der Waals surface area contributed by atoms with E-state index >= 15 is 0 Å². The van der Waals surface area contributed by atoms with Gasteiger partial charge in [-0.2, -0.15) is 0 Å². The summed E-state index contributed by atoms with van der Waals surface area (Å²) in [4.78, 5) is 7.02. The zero-order valence-electron chi connectivity index (χ0n) is 7.50. The van der Waals surface area contributed by atoms with Crippen molar-refractivity contribution >= 4 is 5.71 Å². The Kier molecular flexibility index (Phi) is 2.88. The van der Waals surface area contributed by atoms with Crippen LogP contribution in [0.1, 0.15) is 13.8 Å². The molecule has 0 aromatic rings. The van der Waals surface area contributed by atoms with Crippen molar-refractivity contribution in [2.75, 3.05) is 26.7 Å². The number of nitrogens with zero attached hydrogens (tertiary/aromatic N) is 2. The number of oxime groups is 1. The predicted molar refractivity (Wildman–Crippen MR) is 45.7 cm³/mol. The molecule has 0 radical (unpaired) electrons. The first-order chi connectivity index (χ1) is 5.22. The van der Waals surface area contributed by atoms with E-state index in [1.807, 2.05) is 0 Å². The molecular weight excluding hydrogens is 140 g/mol. The van der Waals surface area contributed by atoms with Gasteiger partial charge in [-0.1, -0.05) is 19.0 Å². The Labute approximate surface area is 68.0 Å². The summed E-state index contributed by atoms with van der Waals surface area (Å²) in [5, 5.41) is 3.86. The van der Waals surface area contributed by atoms with Gasteiger partial charge in [0.15, 0.2) is 0 Å². The minimum absolute atomic E-state index is 0.749. The van der Waals surface area contributed by atoms with Crippen LogP contribution in [0.3, 0.4) is 0 Å². The highest BCUT2D eigenvalue weighted by Gasteiger charge is 2.22. The molecule has 0 aliphatic carbocycles. The number of hydrogen-bond donors (Lipinski definition) is 0. The van der Waals surface area contributed by atoms with Crippen LogP contribution in [0.2, 0.25) is 0 Å². The lowest BCUT2D eigenvalue weighted by molar-refractivity contribution is 0.194. The maximum absolute atomic E-state index is 4.66. The topological polar surface area (TPSA) is 24.8 Å². The molecular formula is C8H16N2O. The molecule has 0 unspecified atom stereocenters. The lowest BCUT2D eigenvalue weighted by Gasteiger charge is -2.32. The average Bonchev–Trinajstić information content (AvgIpc) is 1.82. The maximum Gasteiger partial charge on any atom is 0.106 e. The molecule has 3 nitrogen and oxygen atoms in total. The van der Waals surface area contributed by atoms with Gasteiger partial charge in [0.25, 0.3) is 0 Å². The molecule has 0 bridgehead atoms. The highest BCUT2D eigenvalue weighted by molar-refractivity contribution is 5.92. The van der Waals surface area contributed by atoms with Gasteiger partial charge in [0.05, 0.1) is 5.71 Å². The van der Waals surface area contributed by atoms with E-state index in [0.29, 0.717) is 0 Å². The Hall–Kier alpha value is -0.570. The zero-order valence-corrected chi connectivity index (χ0v) is 7.50. The van der Waals surface area contributed by atoms with Crippen LogP contribution >= 0.6 is 0 Å². The van der Waals surface area contributed by atoms with Crippen LogP contribution in [-0.4, -0.2) is 37.4 Å². The van der Waals surface area contributed by atoms with Gasteiger partial charge >= 0.3 is 0 Å². The van der Waals surface area contributed by atoms with Crippen LogP contribution in [-0.2, 0) is 4.84 Å². The highest BCUT2D eigenvalue weighted by atomic mass is 16.6. The number of hydrogen-bond acceptors (Lipinski definition) is 3. The third kappa shape index (κ3) is 2.50. The minimum Gasteiger partial charge on any atom is -0.399 e. The third-order valence-corrected chi connectivity index (χ3v) is 1.66. The number of rotatable bonds is 3. The van der Waals surface area contributed by atoms with Crippen molar-refractivity contribution in [1.29, 1.82) is 0 Å². The lowest BCUT2D eigenvalue weighted by Crippen LogP contribution is -2.48. The van der Waals surface area contributed by atoms with Gasteiger partial charge < -0.3 is 4.84 Å². The molecule has 1 rings (SSSR count). The third-order valence-electron chi connectivity index (χ3n) is 1.66. The Morgan fingerprint density at radius 1 is 1.55 bits per heavy atom. The van der Waals surface area contributed by atoms with Gasteiger partial charge in [-0.15, -0.1) is 0 Å². The molecule has 0 N–H and O–H groups in total.